The van der Waals surface area contributed by atoms with Crippen LogP contribution in [0.25, 0.3) is 0 Å². The lowest BCUT2D eigenvalue weighted by molar-refractivity contribution is -0.0322. The Bertz CT molecular complexity index is 369. The lowest BCUT2D eigenvalue weighted by Gasteiger charge is -2.33. The first kappa shape index (κ1) is 13.3. The van der Waals surface area contributed by atoms with Crippen molar-refractivity contribution in [1.29, 1.82) is 0 Å². The number of nitrogens with zero attached hydrogens (tertiary/aromatic N) is 1. The van der Waals surface area contributed by atoms with Crippen molar-refractivity contribution < 1.29 is 14.2 Å². The minimum absolute atomic E-state index is 0.128. The summed E-state index contributed by atoms with van der Waals surface area (Å²) in [5.74, 6) is -0.0976. The quantitative estimate of drug-likeness (QED) is 0.891. The van der Waals surface area contributed by atoms with Gasteiger partial charge in [-0.25, -0.2) is 4.39 Å². The van der Waals surface area contributed by atoms with Crippen molar-refractivity contribution in [2.24, 2.45) is 5.92 Å². The lowest BCUT2D eigenvalue weighted by atomic mass is 9.98. The second-order valence-corrected chi connectivity index (χ2v) is 4.71. The maximum absolute atomic E-state index is 12.9. The van der Waals surface area contributed by atoms with Crippen LogP contribution in [0.5, 0.6) is 0 Å². The van der Waals surface area contributed by atoms with E-state index >= 15 is 0 Å². The molecule has 1 aliphatic heterocycles. The van der Waals surface area contributed by atoms with E-state index in [2.05, 4.69) is 11.8 Å². The molecular formula is C14H20FNO2. The molecule has 0 aliphatic carbocycles. The Hall–Kier alpha value is -1.13. The van der Waals surface area contributed by atoms with Gasteiger partial charge in [0.2, 0.25) is 0 Å². The van der Waals surface area contributed by atoms with Crippen LogP contribution < -0.4 is 4.90 Å². The molecule has 1 heterocycles. The summed E-state index contributed by atoms with van der Waals surface area (Å²) >= 11 is 0. The second kappa shape index (κ2) is 6.16. The molecule has 0 saturated carbocycles. The molecule has 2 atom stereocenters. The number of halogens is 1. The minimum atomic E-state index is -0.298. The molecule has 1 fully saturated rings. The van der Waals surface area contributed by atoms with E-state index in [4.69, 9.17) is 4.74 Å². The zero-order chi connectivity index (χ0) is 13.0. The van der Waals surface area contributed by atoms with Gasteiger partial charge >= 0.3 is 0 Å². The number of hydrogen-bond acceptors (Lipinski definition) is 3. The standard InChI is InChI=1S/C14H20FNO2/c1-2-16(13-5-3-12(15)4-6-13)9-11-10-18-8-7-14(11)17/h3-6,11,14,17H,2,7-10H2,1H3. The molecule has 4 heteroatoms. The molecule has 1 N–H and O–H groups in total. The normalized spacial score (nSPS) is 23.9. The van der Waals surface area contributed by atoms with E-state index in [1.165, 1.54) is 12.1 Å². The Balaban J connectivity index is 2.02. The average Bonchev–Trinajstić information content (AvgIpc) is 2.39. The molecule has 0 amide bonds. The predicted octanol–water partition coefficient (Wildman–Crippen LogP) is 2.05. The zero-order valence-electron chi connectivity index (χ0n) is 10.7. The molecule has 1 aliphatic rings. The Morgan fingerprint density at radius 3 is 2.72 bits per heavy atom. The van der Waals surface area contributed by atoms with Crippen molar-refractivity contribution in [2.45, 2.75) is 19.4 Å². The van der Waals surface area contributed by atoms with Gasteiger partial charge in [-0.1, -0.05) is 0 Å². The van der Waals surface area contributed by atoms with Crippen molar-refractivity contribution in [3.63, 3.8) is 0 Å². The average molecular weight is 253 g/mol. The fourth-order valence-corrected chi connectivity index (χ4v) is 2.31. The fourth-order valence-electron chi connectivity index (χ4n) is 2.31. The van der Waals surface area contributed by atoms with Gasteiger partial charge in [-0.2, -0.15) is 0 Å². The summed E-state index contributed by atoms with van der Waals surface area (Å²) in [6.07, 6.45) is 0.402. The maximum Gasteiger partial charge on any atom is 0.123 e. The lowest BCUT2D eigenvalue weighted by Crippen LogP contribution is -2.41. The highest BCUT2D eigenvalue weighted by Crippen LogP contribution is 2.20. The van der Waals surface area contributed by atoms with Gasteiger partial charge in [0.25, 0.3) is 0 Å². The van der Waals surface area contributed by atoms with Crippen molar-refractivity contribution in [2.75, 3.05) is 31.2 Å². The molecule has 1 aromatic rings. The summed E-state index contributed by atoms with van der Waals surface area (Å²) in [6.45, 7) is 4.86. The zero-order valence-corrected chi connectivity index (χ0v) is 10.7. The molecule has 100 valence electrons. The molecule has 3 nitrogen and oxygen atoms in total. The number of aliphatic hydroxyl groups is 1. The molecule has 0 aromatic heterocycles. The fraction of sp³-hybridized carbons (Fsp3) is 0.571. The maximum atomic E-state index is 12.9. The largest absolute Gasteiger partial charge is 0.393 e. The molecule has 0 bridgehead atoms. The van der Waals surface area contributed by atoms with Gasteiger partial charge < -0.3 is 14.7 Å². The monoisotopic (exact) mass is 253 g/mol. The van der Waals surface area contributed by atoms with Crippen LogP contribution in [0.1, 0.15) is 13.3 Å². The van der Waals surface area contributed by atoms with Gasteiger partial charge in [0.05, 0.1) is 12.7 Å². The summed E-state index contributed by atoms with van der Waals surface area (Å²) in [5, 5.41) is 9.94. The predicted molar refractivity (Wildman–Crippen MR) is 69.2 cm³/mol. The summed E-state index contributed by atoms with van der Waals surface area (Å²) in [7, 11) is 0. The summed E-state index contributed by atoms with van der Waals surface area (Å²) < 4.78 is 18.3. The number of hydrogen-bond donors (Lipinski definition) is 1. The van der Waals surface area contributed by atoms with Gasteiger partial charge in [0, 0.05) is 31.3 Å². The van der Waals surface area contributed by atoms with E-state index in [1.807, 2.05) is 0 Å². The smallest absolute Gasteiger partial charge is 0.123 e. The van der Waals surface area contributed by atoms with E-state index in [1.54, 1.807) is 12.1 Å². The van der Waals surface area contributed by atoms with Gasteiger partial charge in [-0.05, 0) is 37.6 Å². The Kier molecular flexibility index (Phi) is 4.55. The van der Waals surface area contributed by atoms with Crippen LogP contribution in [0.3, 0.4) is 0 Å². The van der Waals surface area contributed by atoms with E-state index < -0.39 is 0 Å². The van der Waals surface area contributed by atoms with Crippen molar-refractivity contribution in [1.82, 2.24) is 0 Å². The third-order valence-corrected chi connectivity index (χ3v) is 3.46. The molecule has 0 spiro atoms. The Labute approximate surface area is 107 Å². The van der Waals surface area contributed by atoms with E-state index in [-0.39, 0.29) is 17.8 Å². The topological polar surface area (TPSA) is 32.7 Å². The van der Waals surface area contributed by atoms with Crippen LogP contribution >= 0.6 is 0 Å². The number of rotatable bonds is 4. The summed E-state index contributed by atoms with van der Waals surface area (Å²) in [5.41, 5.74) is 0.983. The van der Waals surface area contributed by atoms with Crippen LogP contribution in [-0.4, -0.2) is 37.5 Å². The van der Waals surface area contributed by atoms with E-state index in [9.17, 15) is 9.50 Å². The molecule has 2 rings (SSSR count). The number of benzene rings is 1. The van der Waals surface area contributed by atoms with Gasteiger partial charge in [0.1, 0.15) is 5.82 Å². The molecular weight excluding hydrogens is 233 g/mol. The van der Waals surface area contributed by atoms with Crippen molar-refractivity contribution >= 4 is 5.69 Å². The van der Waals surface area contributed by atoms with E-state index in [0.29, 0.717) is 19.6 Å². The third kappa shape index (κ3) is 3.21. The van der Waals surface area contributed by atoms with Crippen LogP contribution in [0.2, 0.25) is 0 Å². The molecule has 2 unspecified atom stereocenters. The highest BCUT2D eigenvalue weighted by atomic mass is 19.1. The highest BCUT2D eigenvalue weighted by molar-refractivity contribution is 5.46. The van der Waals surface area contributed by atoms with Gasteiger partial charge in [-0.15, -0.1) is 0 Å². The van der Waals surface area contributed by atoms with E-state index in [0.717, 1.165) is 18.8 Å². The van der Waals surface area contributed by atoms with Crippen LogP contribution in [0, 0.1) is 11.7 Å². The van der Waals surface area contributed by atoms with Crippen LogP contribution in [-0.2, 0) is 4.74 Å². The second-order valence-electron chi connectivity index (χ2n) is 4.71. The number of ether oxygens (including phenoxy) is 1. The summed E-state index contributed by atoms with van der Waals surface area (Å²) in [4.78, 5) is 2.14. The number of anilines is 1. The Morgan fingerprint density at radius 1 is 1.39 bits per heavy atom. The third-order valence-electron chi connectivity index (χ3n) is 3.46. The summed E-state index contributed by atoms with van der Waals surface area (Å²) in [6, 6.07) is 6.47. The first-order chi connectivity index (χ1) is 8.70. The molecule has 0 radical (unpaired) electrons. The number of aliphatic hydroxyl groups excluding tert-OH is 1. The SMILES string of the molecule is CCN(CC1COCCC1O)c1ccc(F)cc1. The minimum Gasteiger partial charge on any atom is -0.393 e. The molecule has 1 saturated heterocycles. The van der Waals surface area contributed by atoms with Gasteiger partial charge in [0.15, 0.2) is 0 Å². The van der Waals surface area contributed by atoms with Crippen LogP contribution in [0.15, 0.2) is 24.3 Å². The molecule has 1 aromatic carbocycles. The first-order valence-electron chi connectivity index (χ1n) is 6.47. The van der Waals surface area contributed by atoms with Crippen molar-refractivity contribution in [3.05, 3.63) is 30.1 Å². The first-order valence-corrected chi connectivity index (χ1v) is 6.47. The Morgan fingerprint density at radius 2 is 2.11 bits per heavy atom. The van der Waals surface area contributed by atoms with Crippen LogP contribution in [0.4, 0.5) is 10.1 Å². The van der Waals surface area contributed by atoms with Gasteiger partial charge in [-0.3, -0.25) is 0 Å². The highest BCUT2D eigenvalue weighted by Gasteiger charge is 2.25. The molecule has 18 heavy (non-hydrogen) atoms. The van der Waals surface area contributed by atoms with Crippen molar-refractivity contribution in [3.8, 4) is 0 Å².